The third-order valence-corrected chi connectivity index (χ3v) is 3.97. The molecule has 0 bridgehead atoms. The normalized spacial score (nSPS) is 11.1. The molecular formula is C18H16BrN3O2. The van der Waals surface area contributed by atoms with Gasteiger partial charge in [-0.05, 0) is 49.4 Å². The first kappa shape index (κ1) is 16.3. The number of carbonyl (C=O) groups is 1. The molecule has 24 heavy (non-hydrogen) atoms. The summed E-state index contributed by atoms with van der Waals surface area (Å²) in [5, 5.41) is 5.07. The van der Waals surface area contributed by atoms with Gasteiger partial charge in [-0.1, -0.05) is 15.9 Å². The van der Waals surface area contributed by atoms with Crippen LogP contribution in [-0.2, 0) is 0 Å². The average molecular weight is 386 g/mol. The van der Waals surface area contributed by atoms with Crippen molar-refractivity contribution in [2.24, 2.45) is 5.10 Å². The smallest absolute Gasteiger partial charge is 0.271 e. The number of carbonyl (C=O) groups excluding carboxylic acids is 1. The van der Waals surface area contributed by atoms with Crippen molar-refractivity contribution in [2.45, 2.75) is 6.92 Å². The van der Waals surface area contributed by atoms with Gasteiger partial charge in [-0.2, -0.15) is 5.10 Å². The number of amides is 1. The fourth-order valence-electron chi connectivity index (χ4n) is 2.32. The molecule has 0 saturated heterocycles. The van der Waals surface area contributed by atoms with E-state index >= 15 is 0 Å². The number of rotatable bonds is 5. The molecule has 0 aliphatic carbocycles. The number of fused-ring (bicyclic) bond motifs is 1. The van der Waals surface area contributed by atoms with E-state index in [2.05, 4.69) is 31.4 Å². The summed E-state index contributed by atoms with van der Waals surface area (Å²) in [6, 6.07) is 12.9. The lowest BCUT2D eigenvalue weighted by Crippen LogP contribution is -2.17. The van der Waals surface area contributed by atoms with Crippen LogP contribution in [0.5, 0.6) is 5.75 Å². The number of hydrogen-bond donors (Lipinski definition) is 2. The minimum atomic E-state index is -0.268. The number of nitrogens with zero attached hydrogens (tertiary/aromatic N) is 1. The quantitative estimate of drug-likeness (QED) is 0.512. The van der Waals surface area contributed by atoms with E-state index in [-0.39, 0.29) is 5.91 Å². The van der Waals surface area contributed by atoms with Crippen LogP contribution in [-0.4, -0.2) is 23.7 Å². The molecular weight excluding hydrogens is 370 g/mol. The number of halogens is 1. The van der Waals surface area contributed by atoms with Crippen molar-refractivity contribution in [3.63, 3.8) is 0 Å². The first-order chi connectivity index (χ1) is 11.7. The molecule has 1 amide bonds. The highest BCUT2D eigenvalue weighted by molar-refractivity contribution is 9.10. The zero-order chi connectivity index (χ0) is 16.9. The van der Waals surface area contributed by atoms with E-state index in [1.54, 1.807) is 30.5 Å². The van der Waals surface area contributed by atoms with E-state index in [1.165, 1.54) is 0 Å². The summed E-state index contributed by atoms with van der Waals surface area (Å²) in [7, 11) is 0. The molecule has 1 aromatic heterocycles. The predicted octanol–water partition coefficient (Wildman–Crippen LogP) is 4.09. The molecule has 0 aliphatic heterocycles. The summed E-state index contributed by atoms with van der Waals surface area (Å²) < 4.78 is 6.34. The Morgan fingerprint density at radius 1 is 1.29 bits per heavy atom. The number of aromatic nitrogens is 1. The van der Waals surface area contributed by atoms with E-state index in [4.69, 9.17) is 4.74 Å². The van der Waals surface area contributed by atoms with Crippen molar-refractivity contribution < 1.29 is 9.53 Å². The van der Waals surface area contributed by atoms with Gasteiger partial charge in [-0.15, -0.1) is 0 Å². The van der Waals surface area contributed by atoms with E-state index < -0.39 is 0 Å². The third kappa shape index (κ3) is 3.65. The van der Waals surface area contributed by atoms with Gasteiger partial charge >= 0.3 is 0 Å². The third-order valence-electron chi connectivity index (χ3n) is 3.47. The Balaban J connectivity index is 1.68. The maximum atomic E-state index is 12.1. The molecule has 0 saturated carbocycles. The van der Waals surface area contributed by atoms with E-state index in [1.807, 2.05) is 31.3 Å². The molecule has 2 aromatic carbocycles. The first-order valence-electron chi connectivity index (χ1n) is 7.50. The highest BCUT2D eigenvalue weighted by Crippen LogP contribution is 2.21. The summed E-state index contributed by atoms with van der Waals surface area (Å²) in [6.07, 6.45) is 3.47. The van der Waals surface area contributed by atoms with E-state index in [0.29, 0.717) is 12.2 Å². The lowest BCUT2D eigenvalue weighted by atomic mass is 10.2. The van der Waals surface area contributed by atoms with Crippen molar-refractivity contribution in [3.8, 4) is 5.75 Å². The summed E-state index contributed by atoms with van der Waals surface area (Å²) in [5.74, 6) is 0.470. The largest absolute Gasteiger partial charge is 0.494 e. The number of benzene rings is 2. The van der Waals surface area contributed by atoms with Gasteiger partial charge in [0.15, 0.2) is 0 Å². The minimum absolute atomic E-state index is 0.268. The highest BCUT2D eigenvalue weighted by atomic mass is 79.9. The van der Waals surface area contributed by atoms with Crippen molar-refractivity contribution >= 4 is 39.0 Å². The van der Waals surface area contributed by atoms with Gasteiger partial charge in [0.25, 0.3) is 5.91 Å². The second-order valence-electron chi connectivity index (χ2n) is 5.09. The van der Waals surface area contributed by atoms with Crippen LogP contribution >= 0.6 is 15.9 Å². The Morgan fingerprint density at radius 3 is 2.83 bits per heavy atom. The number of nitrogens with one attached hydrogen (secondary N) is 2. The Labute approximate surface area is 147 Å². The maximum absolute atomic E-state index is 12.1. The lowest BCUT2D eigenvalue weighted by molar-refractivity contribution is 0.0955. The maximum Gasteiger partial charge on any atom is 0.271 e. The van der Waals surface area contributed by atoms with Crippen LogP contribution in [0, 0.1) is 0 Å². The molecule has 0 unspecified atom stereocenters. The topological polar surface area (TPSA) is 66.5 Å². The van der Waals surface area contributed by atoms with Crippen molar-refractivity contribution in [2.75, 3.05) is 6.61 Å². The zero-order valence-corrected chi connectivity index (χ0v) is 14.6. The molecule has 3 rings (SSSR count). The standard InChI is InChI=1S/C18H16BrN3O2/c1-2-24-15-6-3-12(4-7-15)18(23)22-21-11-13-10-20-17-8-5-14(19)9-16(13)17/h3-11,20H,2H2,1H3,(H,22,23). The molecule has 6 heteroatoms. The van der Waals surface area contributed by atoms with Crippen LogP contribution in [0.2, 0.25) is 0 Å². The summed E-state index contributed by atoms with van der Waals surface area (Å²) >= 11 is 3.45. The number of aromatic amines is 1. The van der Waals surface area contributed by atoms with E-state index in [0.717, 1.165) is 26.7 Å². The molecule has 0 radical (unpaired) electrons. The summed E-state index contributed by atoms with van der Waals surface area (Å²) in [5.41, 5.74) is 4.97. The number of hydrazone groups is 1. The Hall–Kier alpha value is -2.60. The van der Waals surface area contributed by atoms with Gasteiger partial charge in [0.2, 0.25) is 0 Å². The van der Waals surface area contributed by atoms with Crippen LogP contribution < -0.4 is 10.2 Å². The lowest BCUT2D eigenvalue weighted by Gasteiger charge is -2.03. The Morgan fingerprint density at radius 2 is 2.08 bits per heavy atom. The highest BCUT2D eigenvalue weighted by Gasteiger charge is 2.05. The molecule has 5 nitrogen and oxygen atoms in total. The molecule has 122 valence electrons. The van der Waals surface area contributed by atoms with Crippen molar-refractivity contribution in [1.29, 1.82) is 0 Å². The van der Waals surface area contributed by atoms with Gasteiger partial charge in [0.05, 0.1) is 12.8 Å². The van der Waals surface area contributed by atoms with E-state index in [9.17, 15) is 4.79 Å². The molecule has 0 atom stereocenters. The van der Waals surface area contributed by atoms with Crippen LogP contribution in [0.25, 0.3) is 10.9 Å². The molecule has 1 heterocycles. The van der Waals surface area contributed by atoms with Gasteiger partial charge in [-0.3, -0.25) is 4.79 Å². The fraction of sp³-hybridized carbons (Fsp3) is 0.111. The molecule has 0 spiro atoms. The molecule has 0 aliphatic rings. The minimum Gasteiger partial charge on any atom is -0.494 e. The average Bonchev–Trinajstić information content (AvgIpc) is 2.98. The second-order valence-corrected chi connectivity index (χ2v) is 6.01. The molecule has 2 N–H and O–H groups in total. The summed E-state index contributed by atoms with van der Waals surface area (Å²) in [4.78, 5) is 15.2. The molecule has 0 fully saturated rings. The van der Waals surface area contributed by atoms with Crippen LogP contribution in [0.15, 0.2) is 58.2 Å². The number of H-pyrrole nitrogens is 1. The fourth-order valence-corrected chi connectivity index (χ4v) is 2.68. The first-order valence-corrected chi connectivity index (χ1v) is 8.29. The van der Waals surface area contributed by atoms with Crippen LogP contribution in [0.1, 0.15) is 22.8 Å². The van der Waals surface area contributed by atoms with Gasteiger partial charge < -0.3 is 9.72 Å². The van der Waals surface area contributed by atoms with Crippen molar-refractivity contribution in [1.82, 2.24) is 10.4 Å². The second kappa shape index (κ2) is 7.31. The zero-order valence-electron chi connectivity index (χ0n) is 13.0. The van der Waals surface area contributed by atoms with Gasteiger partial charge in [0.1, 0.15) is 5.75 Å². The van der Waals surface area contributed by atoms with Gasteiger partial charge in [0, 0.05) is 32.7 Å². The summed E-state index contributed by atoms with van der Waals surface area (Å²) in [6.45, 7) is 2.51. The number of hydrogen-bond acceptors (Lipinski definition) is 3. The SMILES string of the molecule is CCOc1ccc(C(=O)NN=Cc2c[nH]c3ccc(Br)cc23)cc1. The Kier molecular flexibility index (Phi) is 4.96. The predicted molar refractivity (Wildman–Crippen MR) is 98.7 cm³/mol. The monoisotopic (exact) mass is 385 g/mol. The van der Waals surface area contributed by atoms with Gasteiger partial charge in [-0.25, -0.2) is 5.43 Å². The van der Waals surface area contributed by atoms with Crippen LogP contribution in [0.4, 0.5) is 0 Å². The Bertz CT molecular complexity index is 885. The molecule has 3 aromatic rings. The van der Waals surface area contributed by atoms with Crippen molar-refractivity contribution in [3.05, 3.63) is 64.3 Å². The van der Waals surface area contributed by atoms with Crippen LogP contribution in [0.3, 0.4) is 0 Å². The number of ether oxygens (including phenoxy) is 1.